The van der Waals surface area contributed by atoms with Crippen LogP contribution in [0.15, 0.2) is 11.4 Å². The monoisotopic (exact) mass is 282 g/mol. The van der Waals surface area contributed by atoms with E-state index in [-0.39, 0.29) is 18.2 Å². The lowest BCUT2D eigenvalue weighted by Crippen LogP contribution is -2.51. The van der Waals surface area contributed by atoms with Crippen LogP contribution in [-0.4, -0.2) is 36.2 Å². The summed E-state index contributed by atoms with van der Waals surface area (Å²) in [5.74, 6) is 0. The smallest absolute Gasteiger partial charge is 0.0678 e. The molecule has 1 aliphatic heterocycles. The molecule has 0 bridgehead atoms. The molecule has 0 radical (unpaired) electrons. The number of thiophene rings is 1. The highest BCUT2D eigenvalue weighted by Gasteiger charge is 2.33. The molecule has 0 aliphatic carbocycles. The number of rotatable bonds is 4. The van der Waals surface area contributed by atoms with Crippen molar-refractivity contribution in [3.63, 3.8) is 0 Å². The lowest BCUT2D eigenvalue weighted by atomic mass is 9.99. The molecule has 1 aromatic rings. The van der Waals surface area contributed by atoms with Gasteiger partial charge in [-0.25, -0.2) is 0 Å². The first kappa shape index (κ1) is 15.0. The maximum absolute atomic E-state index is 6.42. The number of nitrogens with zero attached hydrogens (tertiary/aromatic N) is 1. The van der Waals surface area contributed by atoms with Gasteiger partial charge < -0.3 is 10.5 Å². The summed E-state index contributed by atoms with van der Waals surface area (Å²) in [4.78, 5) is 3.95. The highest BCUT2D eigenvalue weighted by atomic mass is 32.1. The molecule has 2 heterocycles. The van der Waals surface area contributed by atoms with E-state index in [1.165, 1.54) is 10.4 Å². The predicted octanol–water partition coefficient (Wildman–Crippen LogP) is 2.94. The van der Waals surface area contributed by atoms with E-state index in [2.05, 4.69) is 44.0 Å². The molecule has 3 nitrogen and oxygen atoms in total. The Morgan fingerprint density at radius 3 is 2.53 bits per heavy atom. The van der Waals surface area contributed by atoms with Crippen molar-refractivity contribution in [3.05, 3.63) is 21.9 Å². The van der Waals surface area contributed by atoms with Crippen LogP contribution >= 0.6 is 11.3 Å². The van der Waals surface area contributed by atoms with Gasteiger partial charge in [-0.05, 0) is 44.2 Å². The average Bonchev–Trinajstić information content (AvgIpc) is 2.74. The Hall–Kier alpha value is -0.420. The Kier molecular flexibility index (Phi) is 5.01. The standard InChI is InChI=1S/C15H26N2OS/c1-5-13(16)14(15-10(2)6-7-19-15)17-8-11(3)18-12(4)9-17/h6-7,11-14H,5,8-9,16H2,1-4H3/t11-,12+,13?,14?. The normalized spacial score (nSPS) is 28.3. The van der Waals surface area contributed by atoms with Crippen LogP contribution in [0.4, 0.5) is 0 Å². The SMILES string of the molecule is CCC(N)C(c1sccc1C)N1C[C@@H](C)O[C@@H](C)C1. The average molecular weight is 282 g/mol. The summed E-state index contributed by atoms with van der Waals surface area (Å²) in [6, 6.07) is 2.72. The zero-order chi connectivity index (χ0) is 14.0. The van der Waals surface area contributed by atoms with Crippen LogP contribution < -0.4 is 5.73 Å². The summed E-state index contributed by atoms with van der Waals surface area (Å²) in [6.07, 6.45) is 1.58. The Morgan fingerprint density at radius 1 is 1.42 bits per heavy atom. The third kappa shape index (κ3) is 3.37. The Bertz CT molecular complexity index is 397. The lowest BCUT2D eigenvalue weighted by molar-refractivity contribution is -0.0834. The van der Waals surface area contributed by atoms with Crippen molar-refractivity contribution >= 4 is 11.3 Å². The summed E-state index contributed by atoms with van der Waals surface area (Å²) < 4.78 is 5.85. The molecule has 1 aromatic heterocycles. The summed E-state index contributed by atoms with van der Waals surface area (Å²) in [5.41, 5.74) is 7.79. The molecular formula is C15H26N2OS. The number of nitrogens with two attached hydrogens (primary N) is 1. The van der Waals surface area contributed by atoms with Gasteiger partial charge in [-0.3, -0.25) is 4.90 Å². The molecule has 2 rings (SSSR count). The van der Waals surface area contributed by atoms with Gasteiger partial charge >= 0.3 is 0 Å². The van der Waals surface area contributed by atoms with Gasteiger partial charge in [0.2, 0.25) is 0 Å². The molecule has 1 fully saturated rings. The van der Waals surface area contributed by atoms with Gasteiger partial charge in [0.15, 0.2) is 0 Å². The highest BCUT2D eigenvalue weighted by Crippen LogP contribution is 2.33. The van der Waals surface area contributed by atoms with Crippen LogP contribution in [0, 0.1) is 6.92 Å². The van der Waals surface area contributed by atoms with Crippen LogP contribution in [0.25, 0.3) is 0 Å². The summed E-state index contributed by atoms with van der Waals surface area (Å²) in [6.45, 7) is 10.6. The topological polar surface area (TPSA) is 38.5 Å². The zero-order valence-corrected chi connectivity index (χ0v) is 13.2. The van der Waals surface area contributed by atoms with Gasteiger partial charge in [-0.1, -0.05) is 6.92 Å². The van der Waals surface area contributed by atoms with Crippen molar-refractivity contribution in [2.24, 2.45) is 5.73 Å². The number of hydrogen-bond donors (Lipinski definition) is 1. The third-order valence-electron chi connectivity index (χ3n) is 3.89. The maximum Gasteiger partial charge on any atom is 0.0678 e. The van der Waals surface area contributed by atoms with Gasteiger partial charge in [0.05, 0.1) is 18.2 Å². The van der Waals surface area contributed by atoms with Gasteiger partial charge in [0.25, 0.3) is 0 Å². The molecule has 0 aromatic carbocycles. The first-order chi connectivity index (χ1) is 9.02. The van der Waals surface area contributed by atoms with E-state index < -0.39 is 0 Å². The van der Waals surface area contributed by atoms with Crippen LogP contribution in [0.1, 0.15) is 43.7 Å². The number of hydrogen-bond acceptors (Lipinski definition) is 4. The fraction of sp³-hybridized carbons (Fsp3) is 0.733. The zero-order valence-electron chi connectivity index (χ0n) is 12.4. The summed E-state index contributed by atoms with van der Waals surface area (Å²) in [5, 5.41) is 2.17. The minimum Gasteiger partial charge on any atom is -0.373 e. The predicted molar refractivity (Wildman–Crippen MR) is 81.6 cm³/mol. The molecule has 2 N–H and O–H groups in total. The van der Waals surface area contributed by atoms with Gasteiger partial charge in [-0.2, -0.15) is 0 Å². The van der Waals surface area contributed by atoms with E-state index in [9.17, 15) is 0 Å². The van der Waals surface area contributed by atoms with Crippen molar-refractivity contribution in [1.82, 2.24) is 4.90 Å². The Labute approximate surface area is 120 Å². The minimum atomic E-state index is 0.190. The van der Waals surface area contributed by atoms with Crippen LogP contribution in [0.2, 0.25) is 0 Å². The van der Waals surface area contributed by atoms with E-state index in [4.69, 9.17) is 10.5 Å². The second-order valence-corrected chi connectivity index (χ2v) is 6.64. The molecule has 1 saturated heterocycles. The van der Waals surface area contributed by atoms with E-state index in [1.807, 2.05) is 11.3 Å². The second-order valence-electron chi connectivity index (χ2n) is 5.70. The number of aryl methyl sites for hydroxylation is 1. The van der Waals surface area contributed by atoms with Gasteiger partial charge in [0.1, 0.15) is 0 Å². The molecular weight excluding hydrogens is 256 g/mol. The molecule has 2 unspecified atom stereocenters. The summed E-state index contributed by atoms with van der Waals surface area (Å²) >= 11 is 1.83. The van der Waals surface area contributed by atoms with E-state index in [0.717, 1.165) is 19.5 Å². The maximum atomic E-state index is 6.42. The van der Waals surface area contributed by atoms with Crippen molar-refractivity contribution in [2.45, 2.75) is 58.4 Å². The van der Waals surface area contributed by atoms with E-state index >= 15 is 0 Å². The fourth-order valence-corrected chi connectivity index (χ4v) is 4.12. The Morgan fingerprint density at radius 2 is 2.05 bits per heavy atom. The van der Waals surface area contributed by atoms with Crippen molar-refractivity contribution in [3.8, 4) is 0 Å². The molecule has 1 aliphatic rings. The van der Waals surface area contributed by atoms with Crippen LogP contribution in [0.5, 0.6) is 0 Å². The third-order valence-corrected chi connectivity index (χ3v) is 4.98. The number of ether oxygens (including phenoxy) is 1. The molecule has 4 atom stereocenters. The second kappa shape index (κ2) is 6.35. The van der Waals surface area contributed by atoms with E-state index in [0.29, 0.717) is 6.04 Å². The highest BCUT2D eigenvalue weighted by molar-refractivity contribution is 7.10. The lowest BCUT2D eigenvalue weighted by Gasteiger charge is -2.42. The van der Waals surface area contributed by atoms with E-state index in [1.54, 1.807) is 0 Å². The van der Waals surface area contributed by atoms with Crippen LogP contribution in [0.3, 0.4) is 0 Å². The molecule has 0 saturated carbocycles. The van der Waals surface area contributed by atoms with Crippen LogP contribution in [-0.2, 0) is 4.74 Å². The van der Waals surface area contributed by atoms with Gasteiger partial charge in [0, 0.05) is 24.0 Å². The molecule has 0 amide bonds. The fourth-order valence-electron chi connectivity index (χ4n) is 2.99. The quantitative estimate of drug-likeness (QED) is 0.923. The molecule has 4 heteroatoms. The molecule has 19 heavy (non-hydrogen) atoms. The van der Waals surface area contributed by atoms with Crippen molar-refractivity contribution < 1.29 is 4.74 Å². The summed E-state index contributed by atoms with van der Waals surface area (Å²) in [7, 11) is 0. The first-order valence-electron chi connectivity index (χ1n) is 7.22. The van der Waals surface area contributed by atoms with Crippen molar-refractivity contribution in [2.75, 3.05) is 13.1 Å². The molecule has 0 spiro atoms. The van der Waals surface area contributed by atoms with Gasteiger partial charge in [-0.15, -0.1) is 11.3 Å². The van der Waals surface area contributed by atoms with Crippen molar-refractivity contribution in [1.29, 1.82) is 0 Å². The Balaban J connectivity index is 2.25. The molecule has 108 valence electrons. The minimum absolute atomic E-state index is 0.190. The number of morpholine rings is 1. The first-order valence-corrected chi connectivity index (χ1v) is 8.10. The largest absolute Gasteiger partial charge is 0.373 e.